The molecule has 0 saturated carbocycles. The van der Waals surface area contributed by atoms with Crippen molar-refractivity contribution in [2.75, 3.05) is 13.6 Å². The fourth-order valence-corrected chi connectivity index (χ4v) is 1.18. The maximum atomic E-state index is 13.1. The van der Waals surface area contributed by atoms with E-state index in [2.05, 4.69) is 5.32 Å². The summed E-state index contributed by atoms with van der Waals surface area (Å²) in [5, 5.41) is 2.80. The van der Waals surface area contributed by atoms with Gasteiger partial charge in [0.1, 0.15) is 11.6 Å². The molecule has 2 nitrogen and oxygen atoms in total. The number of hydrogen-bond acceptors (Lipinski definition) is 2. The first-order chi connectivity index (χ1) is 6.19. The molecule has 0 spiro atoms. The molecule has 0 bridgehead atoms. The lowest BCUT2D eigenvalue weighted by Crippen LogP contribution is -2.25. The van der Waals surface area contributed by atoms with Crippen molar-refractivity contribution >= 4 is 0 Å². The Kier molecular flexibility index (Phi) is 3.33. The molecule has 0 saturated heterocycles. The van der Waals surface area contributed by atoms with Crippen LogP contribution in [0.1, 0.15) is 11.6 Å². The maximum Gasteiger partial charge on any atom is 0.128 e. The largest absolute Gasteiger partial charge is 0.329 e. The van der Waals surface area contributed by atoms with Gasteiger partial charge in [0.15, 0.2) is 0 Å². The third kappa shape index (κ3) is 2.23. The van der Waals surface area contributed by atoms with Crippen LogP contribution >= 0.6 is 0 Å². The van der Waals surface area contributed by atoms with Crippen molar-refractivity contribution in [2.45, 2.75) is 6.04 Å². The van der Waals surface area contributed by atoms with Crippen LogP contribution in [0, 0.1) is 11.6 Å². The second-order valence-corrected chi connectivity index (χ2v) is 2.74. The molecular formula is C9H12F2N2. The highest BCUT2D eigenvalue weighted by atomic mass is 19.1. The summed E-state index contributed by atoms with van der Waals surface area (Å²) in [7, 11) is 1.65. The lowest BCUT2D eigenvalue weighted by molar-refractivity contribution is 0.530. The highest BCUT2D eigenvalue weighted by Gasteiger charge is 2.12. The van der Waals surface area contributed by atoms with Gasteiger partial charge in [-0.2, -0.15) is 0 Å². The van der Waals surface area contributed by atoms with Crippen LogP contribution in [0.5, 0.6) is 0 Å². The number of hydrogen-bond donors (Lipinski definition) is 2. The molecule has 1 aromatic carbocycles. The summed E-state index contributed by atoms with van der Waals surface area (Å²) in [5.74, 6) is -0.892. The van der Waals surface area contributed by atoms with E-state index >= 15 is 0 Å². The van der Waals surface area contributed by atoms with E-state index in [9.17, 15) is 8.78 Å². The van der Waals surface area contributed by atoms with E-state index in [0.29, 0.717) is 0 Å². The van der Waals surface area contributed by atoms with Crippen molar-refractivity contribution in [3.8, 4) is 0 Å². The van der Waals surface area contributed by atoms with Crippen LogP contribution in [0.15, 0.2) is 18.2 Å². The number of nitrogens with two attached hydrogens (primary N) is 1. The van der Waals surface area contributed by atoms with Crippen molar-refractivity contribution in [3.63, 3.8) is 0 Å². The fourth-order valence-electron chi connectivity index (χ4n) is 1.18. The van der Waals surface area contributed by atoms with Crippen molar-refractivity contribution < 1.29 is 8.78 Å². The van der Waals surface area contributed by atoms with E-state index in [1.165, 1.54) is 0 Å². The Balaban J connectivity index is 3.03. The summed E-state index contributed by atoms with van der Waals surface area (Å²) in [6, 6.07) is 3.01. The number of nitrogens with one attached hydrogen (secondary N) is 1. The van der Waals surface area contributed by atoms with Gasteiger partial charge >= 0.3 is 0 Å². The summed E-state index contributed by atoms with van der Waals surface area (Å²) in [5.41, 5.74) is 5.65. The standard InChI is InChI=1S/C9H12F2N2/c1-13-9(5-12)7-4-6(10)2-3-8(7)11/h2-4,9,13H,5,12H2,1H3/t9-/m1/s1. The summed E-state index contributed by atoms with van der Waals surface area (Å²) in [4.78, 5) is 0. The highest BCUT2D eigenvalue weighted by Crippen LogP contribution is 2.16. The smallest absolute Gasteiger partial charge is 0.128 e. The first-order valence-corrected chi connectivity index (χ1v) is 4.01. The maximum absolute atomic E-state index is 13.1. The number of benzene rings is 1. The Hall–Kier alpha value is -1.00. The lowest BCUT2D eigenvalue weighted by atomic mass is 10.1. The van der Waals surface area contributed by atoms with Gasteiger partial charge < -0.3 is 11.1 Å². The van der Waals surface area contributed by atoms with Crippen LogP contribution < -0.4 is 11.1 Å². The molecule has 13 heavy (non-hydrogen) atoms. The van der Waals surface area contributed by atoms with Crippen LogP contribution in [-0.4, -0.2) is 13.6 Å². The zero-order valence-electron chi connectivity index (χ0n) is 7.35. The Bertz CT molecular complexity index is 285. The molecule has 0 radical (unpaired) electrons. The SMILES string of the molecule is CN[C@H](CN)c1cc(F)ccc1F. The lowest BCUT2D eigenvalue weighted by Gasteiger charge is -2.14. The van der Waals surface area contributed by atoms with E-state index in [4.69, 9.17) is 5.73 Å². The Morgan fingerprint density at radius 2 is 2.15 bits per heavy atom. The van der Waals surface area contributed by atoms with E-state index in [1.54, 1.807) is 7.05 Å². The minimum atomic E-state index is -0.454. The van der Waals surface area contributed by atoms with Gasteiger partial charge in [-0.1, -0.05) is 0 Å². The second kappa shape index (κ2) is 4.30. The van der Waals surface area contributed by atoms with Crippen molar-refractivity contribution in [2.24, 2.45) is 5.73 Å². The fraction of sp³-hybridized carbons (Fsp3) is 0.333. The first kappa shape index (κ1) is 10.1. The third-order valence-corrected chi connectivity index (χ3v) is 1.92. The Morgan fingerprint density at radius 3 is 2.69 bits per heavy atom. The average molecular weight is 186 g/mol. The van der Waals surface area contributed by atoms with Gasteiger partial charge in [-0.25, -0.2) is 8.78 Å². The number of rotatable bonds is 3. The molecule has 0 aromatic heterocycles. The molecular weight excluding hydrogens is 174 g/mol. The minimum Gasteiger partial charge on any atom is -0.329 e. The van der Waals surface area contributed by atoms with E-state index in [-0.39, 0.29) is 18.2 Å². The van der Waals surface area contributed by atoms with Gasteiger partial charge in [0.05, 0.1) is 0 Å². The average Bonchev–Trinajstić information content (AvgIpc) is 2.13. The van der Waals surface area contributed by atoms with Crippen molar-refractivity contribution in [3.05, 3.63) is 35.4 Å². The highest BCUT2D eigenvalue weighted by molar-refractivity contribution is 5.22. The van der Waals surface area contributed by atoms with Gasteiger partial charge in [-0.15, -0.1) is 0 Å². The van der Waals surface area contributed by atoms with Gasteiger partial charge in [-0.3, -0.25) is 0 Å². The molecule has 3 N–H and O–H groups in total. The predicted octanol–water partition coefficient (Wildman–Crippen LogP) is 1.18. The third-order valence-electron chi connectivity index (χ3n) is 1.92. The molecule has 0 aliphatic heterocycles. The van der Waals surface area contributed by atoms with Gasteiger partial charge in [0.2, 0.25) is 0 Å². The van der Waals surface area contributed by atoms with Crippen LogP contribution in [0.3, 0.4) is 0 Å². The minimum absolute atomic E-state index is 0.233. The van der Waals surface area contributed by atoms with E-state index in [0.717, 1.165) is 18.2 Å². The summed E-state index contributed by atoms with van der Waals surface area (Å²) < 4.78 is 25.9. The zero-order chi connectivity index (χ0) is 9.84. The summed E-state index contributed by atoms with van der Waals surface area (Å²) in [6.45, 7) is 0.233. The molecule has 0 aliphatic carbocycles. The predicted molar refractivity (Wildman–Crippen MR) is 47.2 cm³/mol. The number of halogens is 2. The molecule has 0 aliphatic rings. The monoisotopic (exact) mass is 186 g/mol. The molecule has 0 fully saturated rings. The first-order valence-electron chi connectivity index (χ1n) is 4.01. The van der Waals surface area contributed by atoms with Crippen LogP contribution in [0.25, 0.3) is 0 Å². The van der Waals surface area contributed by atoms with Crippen LogP contribution in [-0.2, 0) is 0 Å². The van der Waals surface area contributed by atoms with Crippen molar-refractivity contribution in [1.29, 1.82) is 0 Å². The molecule has 0 heterocycles. The van der Waals surface area contributed by atoms with Crippen molar-refractivity contribution in [1.82, 2.24) is 5.32 Å². The van der Waals surface area contributed by atoms with E-state index in [1.807, 2.05) is 0 Å². The van der Waals surface area contributed by atoms with Gasteiger partial charge in [0.25, 0.3) is 0 Å². The topological polar surface area (TPSA) is 38.0 Å². The number of likely N-dealkylation sites (N-methyl/N-ethyl adjacent to an activating group) is 1. The summed E-state index contributed by atoms with van der Waals surface area (Å²) in [6.07, 6.45) is 0. The molecule has 1 rings (SSSR count). The van der Waals surface area contributed by atoms with Crippen LogP contribution in [0.4, 0.5) is 8.78 Å². The Morgan fingerprint density at radius 1 is 1.46 bits per heavy atom. The second-order valence-electron chi connectivity index (χ2n) is 2.74. The van der Waals surface area contributed by atoms with Gasteiger partial charge in [-0.05, 0) is 25.2 Å². The molecule has 72 valence electrons. The molecule has 4 heteroatoms. The zero-order valence-corrected chi connectivity index (χ0v) is 7.35. The van der Waals surface area contributed by atoms with Gasteiger partial charge in [0, 0.05) is 18.2 Å². The molecule has 0 amide bonds. The summed E-state index contributed by atoms with van der Waals surface area (Å²) >= 11 is 0. The Labute approximate surface area is 75.7 Å². The molecule has 1 atom stereocenters. The normalized spacial score (nSPS) is 12.9. The van der Waals surface area contributed by atoms with Crippen LogP contribution in [0.2, 0.25) is 0 Å². The quantitative estimate of drug-likeness (QED) is 0.744. The van der Waals surface area contributed by atoms with E-state index < -0.39 is 11.6 Å². The molecule has 1 aromatic rings. The molecule has 0 unspecified atom stereocenters.